The van der Waals surface area contributed by atoms with Gasteiger partial charge in [-0.1, -0.05) is 48.0 Å². The van der Waals surface area contributed by atoms with Crippen LogP contribution in [0, 0.1) is 6.92 Å². The second-order valence-electron chi connectivity index (χ2n) is 5.37. The van der Waals surface area contributed by atoms with Crippen LogP contribution in [0.25, 0.3) is 0 Å². The van der Waals surface area contributed by atoms with E-state index in [1.807, 2.05) is 61.5 Å². The molecular formula is C18H19NO3S. The molecule has 0 spiro atoms. The Bertz CT molecular complexity index is 692. The maximum Gasteiger partial charge on any atom is 0.200 e. The van der Waals surface area contributed by atoms with Crippen molar-refractivity contribution in [2.45, 2.75) is 24.0 Å². The first kappa shape index (κ1) is 16.1. The smallest absolute Gasteiger partial charge is 0.200 e. The molecule has 0 bridgehead atoms. The Balaban J connectivity index is 1.72. The van der Waals surface area contributed by atoms with E-state index in [2.05, 4.69) is 4.40 Å². The maximum absolute atomic E-state index is 12.2. The summed E-state index contributed by atoms with van der Waals surface area (Å²) >= 11 is 0. The van der Waals surface area contributed by atoms with E-state index in [-0.39, 0.29) is 0 Å². The molecule has 1 heterocycles. The summed E-state index contributed by atoms with van der Waals surface area (Å²) in [5, 5.41) is 0. The number of aryl methyl sites for hydroxylation is 1. The fraction of sp³-hybridized carbons (Fsp3) is 0.278. The van der Waals surface area contributed by atoms with Gasteiger partial charge in [0.1, 0.15) is 0 Å². The first-order chi connectivity index (χ1) is 11.2. The second kappa shape index (κ2) is 7.17. The lowest BCUT2D eigenvalue weighted by molar-refractivity contribution is -0.158. The second-order valence-corrected chi connectivity index (χ2v) is 6.55. The van der Waals surface area contributed by atoms with E-state index >= 15 is 0 Å². The zero-order valence-corrected chi connectivity index (χ0v) is 13.8. The molecule has 4 nitrogen and oxygen atoms in total. The number of ether oxygens (including phenoxy) is 2. The number of nitrogens with zero attached hydrogens (tertiary/aromatic N) is 1. The van der Waals surface area contributed by atoms with Gasteiger partial charge in [-0.15, -0.1) is 0 Å². The average Bonchev–Trinajstić information content (AvgIpc) is 3.06. The summed E-state index contributed by atoms with van der Waals surface area (Å²) in [6.07, 6.45) is 2.06. The first-order valence-corrected chi connectivity index (χ1v) is 8.65. The Labute approximate surface area is 138 Å². The highest BCUT2D eigenvalue weighted by Crippen LogP contribution is 2.34. The van der Waals surface area contributed by atoms with Crippen LogP contribution in [-0.2, 0) is 26.2 Å². The zero-order valence-electron chi connectivity index (χ0n) is 13.0. The molecule has 0 saturated carbocycles. The van der Waals surface area contributed by atoms with Crippen LogP contribution in [0.15, 0.2) is 63.9 Å². The summed E-state index contributed by atoms with van der Waals surface area (Å²) in [5.74, 6) is -0.817. The summed E-state index contributed by atoms with van der Waals surface area (Å²) in [7, 11) is -1.41. The van der Waals surface area contributed by atoms with E-state index in [4.69, 9.17) is 9.47 Å². The molecule has 1 fully saturated rings. The molecule has 1 aliphatic heterocycles. The molecule has 2 aromatic carbocycles. The molecular weight excluding hydrogens is 310 g/mol. The Kier molecular flexibility index (Phi) is 5.00. The molecule has 120 valence electrons. The van der Waals surface area contributed by atoms with E-state index in [9.17, 15) is 4.21 Å². The summed E-state index contributed by atoms with van der Waals surface area (Å²) in [6.45, 7) is 3.09. The van der Waals surface area contributed by atoms with Crippen molar-refractivity contribution in [3.63, 3.8) is 0 Å². The van der Waals surface area contributed by atoms with Crippen molar-refractivity contribution in [2.24, 2.45) is 4.40 Å². The SMILES string of the molecule is Cc1ccc(S(=O)/N=C/CC2(c3ccccc3)OCCO2)cc1. The lowest BCUT2D eigenvalue weighted by Gasteiger charge is -2.26. The number of hydrogen-bond donors (Lipinski definition) is 0. The van der Waals surface area contributed by atoms with E-state index in [1.165, 1.54) is 0 Å². The molecule has 1 atom stereocenters. The summed E-state index contributed by atoms with van der Waals surface area (Å²) in [6, 6.07) is 17.3. The molecule has 2 aromatic rings. The summed E-state index contributed by atoms with van der Waals surface area (Å²) in [4.78, 5) is 0.689. The van der Waals surface area contributed by atoms with Crippen molar-refractivity contribution in [1.29, 1.82) is 0 Å². The largest absolute Gasteiger partial charge is 0.343 e. The lowest BCUT2D eigenvalue weighted by Crippen LogP contribution is -2.27. The molecule has 5 heteroatoms. The van der Waals surface area contributed by atoms with Gasteiger partial charge in [0.15, 0.2) is 16.8 Å². The zero-order chi connectivity index (χ0) is 16.1. The molecule has 1 aliphatic rings. The van der Waals surface area contributed by atoms with Crippen LogP contribution in [-0.4, -0.2) is 23.6 Å². The first-order valence-electron chi connectivity index (χ1n) is 7.54. The van der Waals surface area contributed by atoms with Gasteiger partial charge >= 0.3 is 0 Å². The standard InChI is InChI=1S/C18H19NO3S/c1-15-7-9-17(10-8-15)23(20)19-12-11-18(21-13-14-22-18)16-5-3-2-4-6-16/h2-10,12H,11,13-14H2,1H3/b19-12+. The minimum absolute atomic E-state index is 0.425. The third-order valence-electron chi connectivity index (χ3n) is 3.72. The minimum atomic E-state index is -1.41. The number of hydrogen-bond acceptors (Lipinski definition) is 3. The summed E-state index contributed by atoms with van der Waals surface area (Å²) < 4.78 is 28.0. The van der Waals surface area contributed by atoms with Gasteiger partial charge in [-0.3, -0.25) is 0 Å². The molecule has 0 radical (unpaired) electrons. The molecule has 3 rings (SSSR count). The number of rotatable bonds is 5. The van der Waals surface area contributed by atoms with Crippen molar-refractivity contribution in [3.8, 4) is 0 Å². The molecule has 1 saturated heterocycles. The highest BCUT2D eigenvalue weighted by Gasteiger charge is 2.37. The van der Waals surface area contributed by atoms with Crippen LogP contribution in [0.1, 0.15) is 17.5 Å². The minimum Gasteiger partial charge on any atom is -0.343 e. The van der Waals surface area contributed by atoms with Crippen molar-refractivity contribution in [3.05, 3.63) is 65.7 Å². The van der Waals surface area contributed by atoms with Gasteiger partial charge in [-0.05, 0) is 19.1 Å². The predicted molar refractivity (Wildman–Crippen MR) is 90.7 cm³/mol. The third-order valence-corrected chi connectivity index (χ3v) is 4.74. The monoisotopic (exact) mass is 329 g/mol. The van der Waals surface area contributed by atoms with E-state index < -0.39 is 16.8 Å². The van der Waals surface area contributed by atoms with Gasteiger partial charge in [0.05, 0.1) is 18.1 Å². The fourth-order valence-corrected chi connectivity index (χ4v) is 3.19. The summed E-state index contributed by atoms with van der Waals surface area (Å²) in [5.41, 5.74) is 2.08. The van der Waals surface area contributed by atoms with Crippen molar-refractivity contribution < 1.29 is 13.7 Å². The van der Waals surface area contributed by atoms with E-state index in [0.717, 1.165) is 11.1 Å². The topological polar surface area (TPSA) is 47.9 Å². The van der Waals surface area contributed by atoms with E-state index in [1.54, 1.807) is 6.21 Å². The van der Waals surface area contributed by atoms with Gasteiger partial charge < -0.3 is 9.47 Å². The van der Waals surface area contributed by atoms with E-state index in [0.29, 0.717) is 24.5 Å². The van der Waals surface area contributed by atoms with Gasteiger partial charge in [0, 0.05) is 18.2 Å². The van der Waals surface area contributed by atoms with Crippen LogP contribution < -0.4 is 0 Å². The molecule has 0 aromatic heterocycles. The van der Waals surface area contributed by atoms with Crippen LogP contribution in [0.4, 0.5) is 0 Å². The quantitative estimate of drug-likeness (QED) is 0.790. The predicted octanol–water partition coefficient (Wildman–Crippen LogP) is 3.38. The molecule has 0 amide bonds. The normalized spacial score (nSPS) is 18.3. The van der Waals surface area contributed by atoms with Crippen LogP contribution in [0.2, 0.25) is 0 Å². The molecule has 23 heavy (non-hydrogen) atoms. The fourth-order valence-electron chi connectivity index (χ4n) is 2.49. The molecule has 1 unspecified atom stereocenters. The third kappa shape index (κ3) is 3.75. The number of benzene rings is 2. The van der Waals surface area contributed by atoms with Crippen LogP contribution in [0.5, 0.6) is 0 Å². The van der Waals surface area contributed by atoms with Gasteiger partial charge in [-0.2, -0.15) is 4.40 Å². The van der Waals surface area contributed by atoms with Gasteiger partial charge in [-0.25, -0.2) is 4.21 Å². The molecule has 0 N–H and O–H groups in total. The van der Waals surface area contributed by atoms with Gasteiger partial charge in [0.2, 0.25) is 0 Å². The Morgan fingerprint density at radius 2 is 1.74 bits per heavy atom. The van der Waals surface area contributed by atoms with Crippen molar-refractivity contribution >= 4 is 17.2 Å². The maximum atomic E-state index is 12.2. The Morgan fingerprint density at radius 3 is 2.39 bits per heavy atom. The van der Waals surface area contributed by atoms with Crippen LogP contribution >= 0.6 is 0 Å². The van der Waals surface area contributed by atoms with Crippen LogP contribution in [0.3, 0.4) is 0 Å². The lowest BCUT2D eigenvalue weighted by atomic mass is 10.0. The van der Waals surface area contributed by atoms with Crippen molar-refractivity contribution in [2.75, 3.05) is 13.2 Å². The average molecular weight is 329 g/mol. The molecule has 0 aliphatic carbocycles. The highest BCUT2D eigenvalue weighted by molar-refractivity contribution is 7.83. The highest BCUT2D eigenvalue weighted by atomic mass is 32.2. The van der Waals surface area contributed by atoms with Gasteiger partial charge in [0.25, 0.3) is 0 Å². The Hall–Kier alpha value is -1.82. The van der Waals surface area contributed by atoms with Crippen molar-refractivity contribution in [1.82, 2.24) is 0 Å². The Morgan fingerprint density at radius 1 is 1.09 bits per heavy atom.